The van der Waals surface area contributed by atoms with Crippen LogP contribution in [0.4, 0.5) is 0 Å². The second kappa shape index (κ2) is 4.17. The molecule has 2 fully saturated rings. The van der Waals surface area contributed by atoms with E-state index in [1.807, 2.05) is 6.33 Å². The summed E-state index contributed by atoms with van der Waals surface area (Å²) in [6.45, 7) is 3.78. The van der Waals surface area contributed by atoms with Gasteiger partial charge in [0.2, 0.25) is 0 Å². The number of piperidine rings is 1. The van der Waals surface area contributed by atoms with Gasteiger partial charge in [0.25, 0.3) is 0 Å². The van der Waals surface area contributed by atoms with Gasteiger partial charge >= 0.3 is 0 Å². The van der Waals surface area contributed by atoms with E-state index in [1.54, 1.807) is 0 Å². The van der Waals surface area contributed by atoms with Gasteiger partial charge in [0.15, 0.2) is 0 Å². The van der Waals surface area contributed by atoms with Crippen LogP contribution in [0.1, 0.15) is 37.4 Å². The summed E-state index contributed by atoms with van der Waals surface area (Å²) in [4.78, 5) is 2.63. The summed E-state index contributed by atoms with van der Waals surface area (Å²) in [5.41, 5.74) is 0. The minimum Gasteiger partial charge on any atom is -0.320 e. The van der Waals surface area contributed by atoms with Crippen molar-refractivity contribution in [1.82, 2.24) is 19.7 Å². The first kappa shape index (κ1) is 10.3. The summed E-state index contributed by atoms with van der Waals surface area (Å²) in [5.74, 6) is 2.76. The lowest BCUT2D eigenvalue weighted by molar-refractivity contribution is 0.195. The monoisotopic (exact) mass is 220 g/mol. The Bertz CT molecular complexity index is 356. The number of rotatable bonds is 3. The van der Waals surface area contributed by atoms with Crippen molar-refractivity contribution in [2.45, 2.75) is 31.6 Å². The number of hydrogen-bond donors (Lipinski definition) is 0. The van der Waals surface area contributed by atoms with Crippen molar-refractivity contribution >= 4 is 0 Å². The molecule has 1 saturated carbocycles. The van der Waals surface area contributed by atoms with Gasteiger partial charge in [-0.25, -0.2) is 0 Å². The molecule has 0 aromatic carbocycles. The van der Waals surface area contributed by atoms with Crippen LogP contribution in [-0.2, 0) is 7.05 Å². The number of hydrogen-bond acceptors (Lipinski definition) is 3. The third-order valence-electron chi connectivity index (χ3n) is 3.83. The van der Waals surface area contributed by atoms with Gasteiger partial charge in [-0.2, -0.15) is 0 Å². The van der Waals surface area contributed by atoms with E-state index >= 15 is 0 Å². The quantitative estimate of drug-likeness (QED) is 0.772. The van der Waals surface area contributed by atoms with Crippen LogP contribution in [0.15, 0.2) is 6.33 Å². The molecule has 1 aliphatic heterocycles. The molecule has 1 aromatic heterocycles. The Morgan fingerprint density at radius 1 is 1.38 bits per heavy atom. The summed E-state index contributed by atoms with van der Waals surface area (Å²) in [7, 11) is 2.05. The smallest absolute Gasteiger partial charge is 0.136 e. The zero-order chi connectivity index (χ0) is 11.0. The lowest BCUT2D eigenvalue weighted by atomic mass is 9.97. The highest BCUT2D eigenvalue weighted by molar-refractivity contribution is 4.99. The van der Waals surface area contributed by atoms with Crippen molar-refractivity contribution in [2.24, 2.45) is 13.0 Å². The van der Waals surface area contributed by atoms with Gasteiger partial charge in [0.1, 0.15) is 12.2 Å². The van der Waals surface area contributed by atoms with Gasteiger partial charge in [0.05, 0.1) is 0 Å². The van der Waals surface area contributed by atoms with Crippen molar-refractivity contribution < 1.29 is 0 Å². The van der Waals surface area contributed by atoms with Crippen LogP contribution in [0.5, 0.6) is 0 Å². The van der Waals surface area contributed by atoms with Crippen molar-refractivity contribution in [3.8, 4) is 0 Å². The van der Waals surface area contributed by atoms with E-state index in [4.69, 9.17) is 0 Å². The normalized spacial score (nSPS) is 27.2. The first-order chi connectivity index (χ1) is 7.83. The Morgan fingerprint density at radius 3 is 2.94 bits per heavy atom. The molecule has 16 heavy (non-hydrogen) atoms. The standard InChI is InChI=1S/C12H20N4/c1-15-9-13-14-12(15)11-3-2-6-16(8-11)7-10-4-5-10/h9-11H,2-8H2,1H3/t11-/m1/s1. The number of likely N-dealkylation sites (tertiary alicyclic amines) is 1. The molecular formula is C12H20N4. The van der Waals surface area contributed by atoms with Crippen LogP contribution in [0, 0.1) is 5.92 Å². The van der Waals surface area contributed by atoms with Crippen LogP contribution in [0.2, 0.25) is 0 Å². The molecule has 0 amide bonds. The predicted octanol–water partition coefficient (Wildman–Crippen LogP) is 1.40. The maximum Gasteiger partial charge on any atom is 0.136 e. The number of nitrogens with zero attached hydrogens (tertiary/aromatic N) is 4. The van der Waals surface area contributed by atoms with E-state index in [0.29, 0.717) is 5.92 Å². The first-order valence-corrected chi connectivity index (χ1v) is 6.39. The molecule has 1 aromatic rings. The minimum atomic E-state index is 0.597. The second-order valence-electron chi connectivity index (χ2n) is 5.34. The Balaban J connectivity index is 1.64. The molecule has 4 heteroatoms. The molecule has 2 aliphatic rings. The summed E-state index contributed by atoms with van der Waals surface area (Å²) in [6, 6.07) is 0. The van der Waals surface area contributed by atoms with E-state index in [-0.39, 0.29) is 0 Å². The lowest BCUT2D eigenvalue weighted by Gasteiger charge is -2.32. The predicted molar refractivity (Wildman–Crippen MR) is 62.1 cm³/mol. The van der Waals surface area contributed by atoms with Crippen LogP contribution >= 0.6 is 0 Å². The summed E-state index contributed by atoms with van der Waals surface area (Å²) in [5, 5.41) is 8.24. The molecule has 3 rings (SSSR count). The molecule has 88 valence electrons. The molecule has 1 aliphatic carbocycles. The molecule has 0 N–H and O–H groups in total. The van der Waals surface area contributed by atoms with Crippen molar-refractivity contribution in [2.75, 3.05) is 19.6 Å². The van der Waals surface area contributed by atoms with E-state index in [9.17, 15) is 0 Å². The highest BCUT2D eigenvalue weighted by Crippen LogP contribution is 2.32. The Hall–Kier alpha value is -0.900. The largest absolute Gasteiger partial charge is 0.320 e. The summed E-state index contributed by atoms with van der Waals surface area (Å²) < 4.78 is 2.07. The highest BCUT2D eigenvalue weighted by Gasteiger charge is 2.29. The second-order valence-corrected chi connectivity index (χ2v) is 5.34. The molecule has 0 unspecified atom stereocenters. The Labute approximate surface area is 96.7 Å². The summed E-state index contributed by atoms with van der Waals surface area (Å²) in [6.07, 6.45) is 7.30. The SMILES string of the molecule is Cn1cnnc1[C@@H]1CCCN(CC2CC2)C1. The third kappa shape index (κ3) is 2.12. The number of aryl methyl sites for hydroxylation is 1. The van der Waals surface area contributed by atoms with Crippen LogP contribution in [0.3, 0.4) is 0 Å². The zero-order valence-corrected chi connectivity index (χ0v) is 9.97. The van der Waals surface area contributed by atoms with Crippen molar-refractivity contribution in [3.05, 3.63) is 12.2 Å². The molecular weight excluding hydrogens is 200 g/mol. The first-order valence-electron chi connectivity index (χ1n) is 6.39. The average molecular weight is 220 g/mol. The van der Waals surface area contributed by atoms with E-state index in [2.05, 4.69) is 26.7 Å². The molecule has 0 spiro atoms. The number of aromatic nitrogens is 3. The third-order valence-corrected chi connectivity index (χ3v) is 3.83. The van der Waals surface area contributed by atoms with Crippen molar-refractivity contribution in [1.29, 1.82) is 0 Å². The van der Waals surface area contributed by atoms with Gasteiger partial charge in [-0.05, 0) is 38.1 Å². The maximum absolute atomic E-state index is 4.25. The fraction of sp³-hybridized carbons (Fsp3) is 0.833. The molecule has 1 atom stereocenters. The highest BCUT2D eigenvalue weighted by atomic mass is 15.3. The van der Waals surface area contributed by atoms with Crippen LogP contribution < -0.4 is 0 Å². The molecule has 4 nitrogen and oxygen atoms in total. The minimum absolute atomic E-state index is 0.597. The van der Waals surface area contributed by atoms with Crippen LogP contribution in [-0.4, -0.2) is 39.3 Å². The summed E-state index contributed by atoms with van der Waals surface area (Å²) >= 11 is 0. The topological polar surface area (TPSA) is 34.0 Å². The maximum atomic E-state index is 4.25. The molecule has 2 heterocycles. The van der Waals surface area contributed by atoms with Crippen LogP contribution in [0.25, 0.3) is 0 Å². The van der Waals surface area contributed by atoms with Gasteiger partial charge in [-0.15, -0.1) is 10.2 Å². The fourth-order valence-corrected chi connectivity index (χ4v) is 2.76. The van der Waals surface area contributed by atoms with Gasteiger partial charge < -0.3 is 9.47 Å². The Morgan fingerprint density at radius 2 is 2.25 bits per heavy atom. The van der Waals surface area contributed by atoms with Crippen molar-refractivity contribution in [3.63, 3.8) is 0 Å². The Kier molecular flexibility index (Phi) is 2.67. The zero-order valence-electron chi connectivity index (χ0n) is 9.97. The molecule has 0 bridgehead atoms. The van der Waals surface area contributed by atoms with E-state index in [1.165, 1.54) is 51.1 Å². The van der Waals surface area contributed by atoms with E-state index in [0.717, 1.165) is 5.92 Å². The molecule has 0 radical (unpaired) electrons. The van der Waals surface area contributed by atoms with E-state index < -0.39 is 0 Å². The van der Waals surface area contributed by atoms with Gasteiger partial charge in [-0.3, -0.25) is 0 Å². The molecule has 1 saturated heterocycles. The van der Waals surface area contributed by atoms with Gasteiger partial charge in [0, 0.05) is 26.1 Å². The fourth-order valence-electron chi connectivity index (χ4n) is 2.76. The average Bonchev–Trinajstić information content (AvgIpc) is 2.99. The van der Waals surface area contributed by atoms with Gasteiger partial charge in [-0.1, -0.05) is 0 Å². The lowest BCUT2D eigenvalue weighted by Crippen LogP contribution is -2.36.